The van der Waals surface area contributed by atoms with E-state index in [9.17, 15) is 4.79 Å². The maximum absolute atomic E-state index is 11.4. The molecule has 0 aromatic carbocycles. The van der Waals surface area contributed by atoms with E-state index in [-0.39, 0.29) is 11.9 Å². The molecule has 0 unspecified atom stereocenters. The quantitative estimate of drug-likeness (QED) is 0.413. The average Bonchev–Trinajstić information content (AvgIpc) is 2.28. The Bertz CT molecular complexity index is 368. The summed E-state index contributed by atoms with van der Waals surface area (Å²) in [5.41, 5.74) is 2.42. The zero-order chi connectivity index (χ0) is 12.7. The number of carbonyl (C=O) groups excluding carboxylic acids is 1. The number of aromatic nitrogens is 2. The van der Waals surface area contributed by atoms with Crippen LogP contribution in [-0.2, 0) is 4.79 Å². The first-order chi connectivity index (χ1) is 8.11. The van der Waals surface area contributed by atoms with E-state index < -0.39 is 0 Å². The summed E-state index contributed by atoms with van der Waals surface area (Å²) in [5.74, 6) is 6.38. The molecular weight excluding hydrogens is 220 g/mol. The first-order valence-electron chi connectivity index (χ1n) is 5.43. The van der Waals surface area contributed by atoms with Crippen LogP contribution in [0.2, 0.25) is 0 Å². The third-order valence-electron chi connectivity index (χ3n) is 1.92. The van der Waals surface area contributed by atoms with Crippen molar-refractivity contribution in [2.75, 3.05) is 17.3 Å². The minimum absolute atomic E-state index is 0.0127. The van der Waals surface area contributed by atoms with Gasteiger partial charge in [-0.1, -0.05) is 0 Å². The highest BCUT2D eigenvalue weighted by Gasteiger charge is 2.03. The summed E-state index contributed by atoms with van der Waals surface area (Å²) in [4.78, 5) is 19.2. The summed E-state index contributed by atoms with van der Waals surface area (Å²) in [5, 5.41) is 5.82. The molecule has 1 aromatic heterocycles. The topological polar surface area (TPSA) is 105 Å². The summed E-state index contributed by atoms with van der Waals surface area (Å²) >= 11 is 0. The van der Waals surface area contributed by atoms with E-state index in [1.807, 2.05) is 13.8 Å². The van der Waals surface area contributed by atoms with Crippen LogP contribution in [0.4, 0.5) is 11.6 Å². The van der Waals surface area contributed by atoms with E-state index in [0.717, 1.165) is 0 Å². The Hall–Kier alpha value is -1.89. The molecule has 1 amide bonds. The van der Waals surface area contributed by atoms with Gasteiger partial charge in [0.1, 0.15) is 18.0 Å². The van der Waals surface area contributed by atoms with Crippen LogP contribution in [0.25, 0.3) is 0 Å². The molecule has 0 atom stereocenters. The van der Waals surface area contributed by atoms with Gasteiger partial charge in [0, 0.05) is 25.1 Å². The summed E-state index contributed by atoms with van der Waals surface area (Å²) in [6, 6.07) is 1.83. The second-order valence-corrected chi connectivity index (χ2v) is 3.83. The van der Waals surface area contributed by atoms with Crippen LogP contribution in [0.1, 0.15) is 20.3 Å². The number of hydrogen-bond donors (Lipinski definition) is 4. The van der Waals surface area contributed by atoms with Crippen LogP contribution in [0, 0.1) is 0 Å². The number of rotatable bonds is 6. The smallest absolute Gasteiger partial charge is 0.221 e. The number of amides is 1. The number of nitrogens with zero attached hydrogens (tertiary/aromatic N) is 2. The largest absolute Gasteiger partial charge is 0.369 e. The zero-order valence-electron chi connectivity index (χ0n) is 10.0. The van der Waals surface area contributed by atoms with Crippen molar-refractivity contribution in [3.05, 3.63) is 12.4 Å². The Balaban J connectivity index is 2.32. The fraction of sp³-hybridized carbons (Fsp3) is 0.500. The van der Waals surface area contributed by atoms with Crippen molar-refractivity contribution in [2.45, 2.75) is 26.3 Å². The van der Waals surface area contributed by atoms with Gasteiger partial charge in [0.05, 0.1) is 0 Å². The molecule has 0 aliphatic rings. The predicted molar refractivity (Wildman–Crippen MR) is 66.2 cm³/mol. The molecule has 5 N–H and O–H groups in total. The Labute approximate surface area is 100 Å². The van der Waals surface area contributed by atoms with Crippen molar-refractivity contribution in [3.63, 3.8) is 0 Å². The maximum Gasteiger partial charge on any atom is 0.221 e. The minimum atomic E-state index is 0.0127. The molecule has 1 rings (SSSR count). The molecule has 1 heterocycles. The number of hydrogen-bond acceptors (Lipinski definition) is 6. The van der Waals surface area contributed by atoms with Gasteiger partial charge in [-0.15, -0.1) is 0 Å². The van der Waals surface area contributed by atoms with E-state index >= 15 is 0 Å². The van der Waals surface area contributed by atoms with Crippen molar-refractivity contribution in [1.82, 2.24) is 15.3 Å². The van der Waals surface area contributed by atoms with Gasteiger partial charge in [-0.25, -0.2) is 15.8 Å². The van der Waals surface area contributed by atoms with Gasteiger partial charge in [-0.05, 0) is 13.8 Å². The van der Waals surface area contributed by atoms with Crippen LogP contribution < -0.4 is 21.9 Å². The number of carbonyl (C=O) groups is 1. The Morgan fingerprint density at radius 1 is 1.41 bits per heavy atom. The minimum Gasteiger partial charge on any atom is -0.369 e. The predicted octanol–water partition coefficient (Wildman–Crippen LogP) is 0.0888. The Morgan fingerprint density at radius 3 is 2.76 bits per heavy atom. The summed E-state index contributed by atoms with van der Waals surface area (Å²) in [6.45, 7) is 4.36. The highest BCUT2D eigenvalue weighted by molar-refractivity contribution is 5.76. The lowest BCUT2D eigenvalue weighted by molar-refractivity contribution is -0.121. The molecule has 0 spiro atoms. The second kappa shape index (κ2) is 6.64. The maximum atomic E-state index is 11.4. The molecule has 94 valence electrons. The lowest BCUT2D eigenvalue weighted by Crippen LogP contribution is -2.31. The highest BCUT2D eigenvalue weighted by atomic mass is 16.1. The van der Waals surface area contributed by atoms with Crippen molar-refractivity contribution in [2.24, 2.45) is 5.84 Å². The first-order valence-corrected chi connectivity index (χ1v) is 5.43. The molecule has 0 saturated heterocycles. The molecule has 17 heavy (non-hydrogen) atoms. The van der Waals surface area contributed by atoms with Crippen LogP contribution in [0.3, 0.4) is 0 Å². The van der Waals surface area contributed by atoms with Gasteiger partial charge in [0.2, 0.25) is 5.91 Å². The highest BCUT2D eigenvalue weighted by Crippen LogP contribution is 2.06. The van der Waals surface area contributed by atoms with Crippen molar-refractivity contribution >= 4 is 17.5 Å². The standard InChI is InChI=1S/C10H18N6O/c1-7(2)15-10(17)3-4-12-8-5-9(16-11)14-6-13-8/h5-7H,3-4,11H2,1-2H3,(H,15,17)(H2,12,13,14,16). The van der Waals surface area contributed by atoms with Crippen LogP contribution in [0.5, 0.6) is 0 Å². The number of anilines is 2. The number of nitrogens with one attached hydrogen (secondary N) is 3. The van der Waals surface area contributed by atoms with E-state index in [4.69, 9.17) is 5.84 Å². The Morgan fingerprint density at radius 2 is 2.12 bits per heavy atom. The van der Waals surface area contributed by atoms with Gasteiger partial charge in [-0.2, -0.15) is 0 Å². The lowest BCUT2D eigenvalue weighted by atomic mass is 10.3. The van der Waals surface area contributed by atoms with Crippen molar-refractivity contribution in [1.29, 1.82) is 0 Å². The number of nitrogen functional groups attached to an aromatic ring is 1. The van der Waals surface area contributed by atoms with E-state index in [1.54, 1.807) is 6.07 Å². The fourth-order valence-corrected chi connectivity index (χ4v) is 1.23. The number of hydrazine groups is 1. The molecule has 0 saturated carbocycles. The Kier molecular flexibility index (Phi) is 5.15. The normalized spacial score (nSPS) is 10.1. The van der Waals surface area contributed by atoms with Gasteiger partial charge >= 0.3 is 0 Å². The monoisotopic (exact) mass is 238 g/mol. The van der Waals surface area contributed by atoms with Gasteiger partial charge in [0.25, 0.3) is 0 Å². The number of nitrogens with two attached hydrogens (primary N) is 1. The van der Waals surface area contributed by atoms with Crippen LogP contribution in [0.15, 0.2) is 12.4 Å². The summed E-state index contributed by atoms with van der Waals surface area (Å²) in [6.07, 6.45) is 1.79. The van der Waals surface area contributed by atoms with Crippen molar-refractivity contribution < 1.29 is 4.79 Å². The molecule has 1 aromatic rings. The molecule has 0 fully saturated rings. The molecule has 7 heteroatoms. The third kappa shape index (κ3) is 5.12. The van der Waals surface area contributed by atoms with Crippen LogP contribution in [-0.4, -0.2) is 28.5 Å². The van der Waals surface area contributed by atoms with E-state index in [0.29, 0.717) is 24.6 Å². The molecule has 0 aliphatic carbocycles. The van der Waals surface area contributed by atoms with E-state index in [2.05, 4.69) is 26.0 Å². The van der Waals surface area contributed by atoms with E-state index in [1.165, 1.54) is 6.33 Å². The third-order valence-corrected chi connectivity index (χ3v) is 1.92. The first kappa shape index (κ1) is 13.2. The molecule has 0 radical (unpaired) electrons. The summed E-state index contributed by atoms with van der Waals surface area (Å²) in [7, 11) is 0. The van der Waals surface area contributed by atoms with Gasteiger partial charge in [0.15, 0.2) is 0 Å². The lowest BCUT2D eigenvalue weighted by Gasteiger charge is -2.09. The fourth-order valence-electron chi connectivity index (χ4n) is 1.23. The molecular formula is C10H18N6O. The molecule has 0 bridgehead atoms. The van der Waals surface area contributed by atoms with Gasteiger partial charge in [-0.3, -0.25) is 4.79 Å². The molecule has 7 nitrogen and oxygen atoms in total. The van der Waals surface area contributed by atoms with Crippen molar-refractivity contribution in [3.8, 4) is 0 Å². The van der Waals surface area contributed by atoms with Gasteiger partial charge < -0.3 is 16.1 Å². The second-order valence-electron chi connectivity index (χ2n) is 3.83. The molecule has 0 aliphatic heterocycles. The van der Waals surface area contributed by atoms with Crippen LogP contribution >= 0.6 is 0 Å². The average molecular weight is 238 g/mol. The SMILES string of the molecule is CC(C)NC(=O)CCNc1cc(NN)ncn1. The zero-order valence-corrected chi connectivity index (χ0v) is 10.0. The summed E-state index contributed by atoms with van der Waals surface area (Å²) < 4.78 is 0.